The van der Waals surface area contributed by atoms with Crippen molar-refractivity contribution in [2.45, 2.75) is 289 Å². The van der Waals surface area contributed by atoms with Crippen LogP contribution in [0.1, 0.15) is 271 Å². The van der Waals surface area contributed by atoms with Gasteiger partial charge in [0.25, 0.3) is 0 Å². The molecule has 0 heterocycles. The van der Waals surface area contributed by atoms with Crippen molar-refractivity contribution in [3.8, 4) is 0 Å². The van der Waals surface area contributed by atoms with Gasteiger partial charge in [-0.2, -0.15) is 0 Å². The highest BCUT2D eigenvalue weighted by Gasteiger charge is 2.24. The molecule has 64 heavy (non-hydrogen) atoms. The van der Waals surface area contributed by atoms with Crippen LogP contribution in [-0.2, 0) is 14.3 Å². The number of nitrogens with one attached hydrogen (secondary N) is 1. The van der Waals surface area contributed by atoms with Gasteiger partial charge < -0.3 is 20.3 Å². The Balaban J connectivity index is 4.56. The quantitative estimate of drug-likeness (QED) is 0.0245. The topological polar surface area (TPSA) is 95.9 Å². The summed E-state index contributed by atoms with van der Waals surface area (Å²) in [5, 5.41) is 23.8. The summed E-state index contributed by atoms with van der Waals surface area (Å²) in [6.45, 7) is 6.34. The number of hydrogen-bond acceptors (Lipinski definition) is 5. The molecular formula is C58H105NO5. The second-order valence-electron chi connectivity index (χ2n) is 18.7. The van der Waals surface area contributed by atoms with Crippen molar-refractivity contribution in [3.63, 3.8) is 0 Å². The normalized spacial score (nSPS) is 13.6. The lowest BCUT2D eigenvalue weighted by atomic mass is 10.0. The number of esters is 1. The van der Waals surface area contributed by atoms with Gasteiger partial charge in [0, 0.05) is 6.42 Å². The van der Waals surface area contributed by atoms with Gasteiger partial charge in [-0.15, -0.1) is 0 Å². The third kappa shape index (κ3) is 46.1. The van der Waals surface area contributed by atoms with E-state index in [-0.39, 0.29) is 24.9 Å². The maximum Gasteiger partial charge on any atom is 0.306 e. The van der Waals surface area contributed by atoms with Gasteiger partial charge in [0.05, 0.1) is 25.2 Å². The lowest BCUT2D eigenvalue weighted by Gasteiger charge is -2.24. The third-order valence-corrected chi connectivity index (χ3v) is 12.4. The average Bonchev–Trinajstić information content (AvgIpc) is 3.29. The van der Waals surface area contributed by atoms with Crippen LogP contribution in [0.25, 0.3) is 0 Å². The van der Waals surface area contributed by atoms with Crippen LogP contribution in [0.15, 0.2) is 60.8 Å². The lowest BCUT2D eigenvalue weighted by Crippen LogP contribution is -2.46. The minimum Gasteiger partial charge on any atom is -0.462 e. The summed E-state index contributed by atoms with van der Waals surface area (Å²) in [6, 6.07) is -0.716. The molecule has 0 bridgehead atoms. The number of unbranched alkanes of at least 4 members (excludes halogenated alkanes) is 30. The Morgan fingerprint density at radius 2 is 0.859 bits per heavy atom. The average molecular weight is 896 g/mol. The minimum absolute atomic E-state index is 0.0504. The van der Waals surface area contributed by atoms with E-state index in [2.05, 4.69) is 62.5 Å². The van der Waals surface area contributed by atoms with Gasteiger partial charge >= 0.3 is 5.97 Å². The first-order chi connectivity index (χ1) is 31.5. The molecule has 0 aliphatic rings. The van der Waals surface area contributed by atoms with E-state index in [9.17, 15) is 19.8 Å². The van der Waals surface area contributed by atoms with E-state index in [0.29, 0.717) is 19.3 Å². The molecule has 0 saturated heterocycles. The van der Waals surface area contributed by atoms with Crippen molar-refractivity contribution in [3.05, 3.63) is 60.8 Å². The van der Waals surface area contributed by atoms with Crippen LogP contribution in [0.2, 0.25) is 0 Å². The molecule has 0 spiro atoms. The summed E-state index contributed by atoms with van der Waals surface area (Å²) in [5.74, 6) is -0.510. The lowest BCUT2D eigenvalue weighted by molar-refractivity contribution is -0.151. The van der Waals surface area contributed by atoms with Gasteiger partial charge in [-0.25, -0.2) is 0 Å². The summed E-state index contributed by atoms with van der Waals surface area (Å²) in [5.41, 5.74) is 0. The predicted octanol–water partition coefficient (Wildman–Crippen LogP) is 16.8. The van der Waals surface area contributed by atoms with Gasteiger partial charge in [0.1, 0.15) is 6.10 Å². The molecule has 1 amide bonds. The highest BCUT2D eigenvalue weighted by Crippen LogP contribution is 2.18. The molecule has 0 saturated carbocycles. The number of aliphatic hydroxyl groups excluding tert-OH is 2. The number of allylic oxidation sites excluding steroid dienone is 10. The Hall–Kier alpha value is -2.44. The molecule has 6 nitrogen and oxygen atoms in total. The Morgan fingerprint density at radius 1 is 0.469 bits per heavy atom. The first-order valence-electron chi connectivity index (χ1n) is 27.6. The molecule has 0 fully saturated rings. The fourth-order valence-electron chi connectivity index (χ4n) is 8.26. The van der Waals surface area contributed by atoms with E-state index >= 15 is 0 Å². The largest absolute Gasteiger partial charge is 0.462 e. The Kier molecular flexibility index (Phi) is 49.6. The minimum atomic E-state index is -0.800. The highest BCUT2D eigenvalue weighted by molar-refractivity contribution is 5.77. The van der Waals surface area contributed by atoms with Crippen LogP contribution in [0, 0.1) is 0 Å². The van der Waals surface area contributed by atoms with Crippen molar-refractivity contribution < 1.29 is 24.5 Å². The fourth-order valence-corrected chi connectivity index (χ4v) is 8.26. The number of hydrogen-bond donors (Lipinski definition) is 3. The second kappa shape index (κ2) is 51.5. The van der Waals surface area contributed by atoms with Gasteiger partial charge in [0.15, 0.2) is 0 Å². The first kappa shape index (κ1) is 61.6. The third-order valence-electron chi connectivity index (χ3n) is 12.4. The summed E-state index contributed by atoms with van der Waals surface area (Å²) >= 11 is 0. The molecule has 0 radical (unpaired) electrons. The number of amides is 1. The Labute approximate surface area is 397 Å². The number of ether oxygens (including phenoxy) is 1. The van der Waals surface area contributed by atoms with E-state index in [0.717, 1.165) is 70.6 Å². The van der Waals surface area contributed by atoms with Crippen LogP contribution in [0.3, 0.4) is 0 Å². The predicted molar refractivity (Wildman–Crippen MR) is 278 cm³/mol. The van der Waals surface area contributed by atoms with Crippen molar-refractivity contribution in [2.24, 2.45) is 0 Å². The summed E-state index contributed by atoms with van der Waals surface area (Å²) in [6.07, 6.45) is 64.3. The van der Waals surface area contributed by atoms with Crippen LogP contribution in [0.5, 0.6) is 0 Å². The Morgan fingerprint density at radius 3 is 1.34 bits per heavy atom. The molecule has 6 heteroatoms. The molecule has 0 aromatic rings. The van der Waals surface area contributed by atoms with Gasteiger partial charge in [-0.3, -0.25) is 9.59 Å². The van der Waals surface area contributed by atoms with E-state index in [4.69, 9.17) is 4.74 Å². The first-order valence-corrected chi connectivity index (χ1v) is 27.6. The van der Waals surface area contributed by atoms with Crippen LogP contribution in [0.4, 0.5) is 0 Å². The van der Waals surface area contributed by atoms with Crippen LogP contribution >= 0.6 is 0 Å². The molecule has 0 aromatic carbocycles. The van der Waals surface area contributed by atoms with Gasteiger partial charge in [-0.05, 0) is 70.6 Å². The molecule has 0 rings (SSSR count). The van der Waals surface area contributed by atoms with E-state index in [1.165, 1.54) is 154 Å². The molecule has 0 aliphatic carbocycles. The maximum atomic E-state index is 13.2. The highest BCUT2D eigenvalue weighted by atomic mass is 16.5. The van der Waals surface area contributed by atoms with Crippen molar-refractivity contribution in [1.29, 1.82) is 0 Å². The Bertz CT molecular complexity index is 1140. The summed E-state index contributed by atoms with van der Waals surface area (Å²) in [7, 11) is 0. The van der Waals surface area contributed by atoms with Crippen molar-refractivity contribution in [2.75, 3.05) is 6.61 Å². The summed E-state index contributed by atoms with van der Waals surface area (Å²) in [4.78, 5) is 26.2. The number of aliphatic hydroxyl groups is 2. The van der Waals surface area contributed by atoms with Crippen molar-refractivity contribution >= 4 is 11.9 Å². The zero-order chi connectivity index (χ0) is 46.7. The number of carbonyl (C=O) groups is 2. The van der Waals surface area contributed by atoms with E-state index in [1.807, 2.05) is 24.3 Å². The van der Waals surface area contributed by atoms with Crippen LogP contribution < -0.4 is 5.32 Å². The van der Waals surface area contributed by atoms with E-state index < -0.39 is 18.2 Å². The SMILES string of the molecule is CC/C=C/C=C/C=C/C=C\CCCCCC(CC(=O)NC(CO)C(O)CCCCCCCCCCCCCCC)OC(=O)CCCCCCCCCCC/C=C/CCCCCCCC. The van der Waals surface area contributed by atoms with Crippen LogP contribution in [-0.4, -0.2) is 46.9 Å². The molecular weight excluding hydrogens is 791 g/mol. The molecule has 3 N–H and O–H groups in total. The van der Waals surface area contributed by atoms with Crippen molar-refractivity contribution in [1.82, 2.24) is 5.32 Å². The molecule has 0 aliphatic heterocycles. The summed E-state index contributed by atoms with van der Waals surface area (Å²) < 4.78 is 5.93. The standard InChI is InChI=1S/C58H105NO5/c1-4-7-10-13-16-19-22-25-26-27-28-29-30-33-36-39-42-45-48-51-58(63)64-54(49-46-43-40-37-34-31-23-20-17-14-11-8-5-2)52-57(62)59-55(53-60)56(61)50-47-44-41-38-35-32-24-21-18-15-12-9-6-3/h8,11,14,17,20,23,25-26,31,34,54-56,60-61H,4-7,9-10,12-13,15-16,18-19,21-22,24,27-30,32-33,35-53H2,1-3H3,(H,59,62)/b11-8+,17-14+,23-20+,26-25+,34-31-. The maximum absolute atomic E-state index is 13.2. The smallest absolute Gasteiger partial charge is 0.306 e. The number of carbonyl (C=O) groups excluding carboxylic acids is 2. The van der Waals surface area contributed by atoms with Gasteiger partial charge in [0.2, 0.25) is 5.91 Å². The zero-order valence-corrected chi connectivity index (χ0v) is 42.4. The second-order valence-corrected chi connectivity index (χ2v) is 18.7. The zero-order valence-electron chi connectivity index (χ0n) is 42.4. The monoisotopic (exact) mass is 896 g/mol. The fraction of sp³-hybridized carbons (Fsp3) is 0.793. The molecule has 372 valence electrons. The molecule has 0 aromatic heterocycles. The number of rotatable bonds is 49. The van der Waals surface area contributed by atoms with E-state index in [1.54, 1.807) is 0 Å². The van der Waals surface area contributed by atoms with Gasteiger partial charge in [-0.1, -0.05) is 248 Å². The molecule has 3 atom stereocenters. The molecule has 3 unspecified atom stereocenters.